The molecule has 0 bridgehead atoms. The second-order valence-electron chi connectivity index (χ2n) is 9.20. The summed E-state index contributed by atoms with van der Waals surface area (Å²) in [5.41, 5.74) is 3.28. The number of thiazole rings is 1. The van der Waals surface area contributed by atoms with Gasteiger partial charge in [0.25, 0.3) is 5.91 Å². The first-order valence-corrected chi connectivity index (χ1v) is 12.9. The summed E-state index contributed by atoms with van der Waals surface area (Å²) >= 11 is 1.35. The van der Waals surface area contributed by atoms with Crippen molar-refractivity contribution in [2.45, 2.75) is 44.7 Å². The predicted octanol–water partition coefficient (Wildman–Crippen LogP) is 4.37. The molecule has 35 heavy (non-hydrogen) atoms. The molecular weight excluding hydrogens is 460 g/mol. The number of aromatic nitrogens is 1. The maximum atomic E-state index is 13.0. The molecule has 0 radical (unpaired) electrons. The number of hydrogen-bond donors (Lipinski definition) is 3. The summed E-state index contributed by atoms with van der Waals surface area (Å²) in [6.45, 7) is 0.460. The van der Waals surface area contributed by atoms with Crippen molar-refractivity contribution in [2.24, 2.45) is 11.8 Å². The van der Waals surface area contributed by atoms with Crippen LogP contribution < -0.4 is 16.0 Å². The first-order valence-electron chi connectivity index (χ1n) is 12.1. The Morgan fingerprint density at radius 3 is 2.31 bits per heavy atom. The van der Waals surface area contributed by atoms with Gasteiger partial charge in [0, 0.05) is 40.9 Å². The van der Waals surface area contributed by atoms with Crippen LogP contribution in [0.5, 0.6) is 0 Å². The van der Waals surface area contributed by atoms with Crippen LogP contribution in [0, 0.1) is 11.8 Å². The van der Waals surface area contributed by atoms with Crippen molar-refractivity contribution in [3.8, 4) is 11.3 Å². The van der Waals surface area contributed by atoms with E-state index in [2.05, 4.69) is 20.9 Å². The van der Waals surface area contributed by atoms with Gasteiger partial charge >= 0.3 is 0 Å². The van der Waals surface area contributed by atoms with E-state index in [9.17, 15) is 14.4 Å². The normalized spacial score (nSPS) is 19.2. The number of nitrogens with zero attached hydrogens (tertiary/aromatic N) is 1. The number of benzene rings is 2. The van der Waals surface area contributed by atoms with Gasteiger partial charge in [-0.1, -0.05) is 48.9 Å². The average molecular weight is 489 g/mol. The van der Waals surface area contributed by atoms with Crippen LogP contribution in [-0.2, 0) is 16.1 Å². The van der Waals surface area contributed by atoms with Gasteiger partial charge in [-0.2, -0.15) is 0 Å². The lowest BCUT2D eigenvalue weighted by atomic mass is 9.94. The van der Waals surface area contributed by atoms with Crippen molar-refractivity contribution in [3.63, 3.8) is 0 Å². The molecule has 2 aliphatic carbocycles. The monoisotopic (exact) mass is 488 g/mol. The molecule has 2 aromatic carbocycles. The van der Waals surface area contributed by atoms with Gasteiger partial charge in [-0.15, -0.1) is 11.3 Å². The minimum absolute atomic E-state index is 0.0517. The number of carbonyl (C=O) groups excluding carboxylic acids is 3. The maximum Gasteiger partial charge on any atom is 0.251 e. The second-order valence-corrected chi connectivity index (χ2v) is 10.1. The molecule has 1 heterocycles. The Hall–Kier alpha value is -3.52. The third-order valence-electron chi connectivity index (χ3n) is 6.59. The number of anilines is 1. The van der Waals surface area contributed by atoms with Crippen LogP contribution in [-0.4, -0.2) is 28.7 Å². The molecule has 7 nitrogen and oxygen atoms in total. The van der Waals surface area contributed by atoms with E-state index in [4.69, 9.17) is 0 Å². The molecule has 0 aliphatic heterocycles. The topological polar surface area (TPSA) is 100 Å². The van der Waals surface area contributed by atoms with E-state index in [-0.39, 0.29) is 29.6 Å². The molecule has 0 spiro atoms. The van der Waals surface area contributed by atoms with Crippen LogP contribution in [0.25, 0.3) is 11.3 Å². The van der Waals surface area contributed by atoms with Gasteiger partial charge < -0.3 is 16.0 Å². The van der Waals surface area contributed by atoms with Crippen LogP contribution in [0.3, 0.4) is 0 Å². The fourth-order valence-corrected chi connectivity index (χ4v) is 5.18. The van der Waals surface area contributed by atoms with E-state index in [1.54, 1.807) is 12.1 Å². The minimum Gasteiger partial charge on any atom is -0.352 e. The fourth-order valence-electron chi connectivity index (χ4n) is 4.45. The summed E-state index contributed by atoms with van der Waals surface area (Å²) in [7, 11) is 0. The summed E-state index contributed by atoms with van der Waals surface area (Å²) in [5, 5.41) is 11.3. The summed E-state index contributed by atoms with van der Waals surface area (Å²) in [5.74, 6) is -0.966. The predicted molar refractivity (Wildman–Crippen MR) is 136 cm³/mol. The lowest BCUT2D eigenvalue weighted by molar-refractivity contribution is -0.131. The summed E-state index contributed by atoms with van der Waals surface area (Å²) in [6.07, 6.45) is 4.36. The first kappa shape index (κ1) is 23.2. The van der Waals surface area contributed by atoms with Crippen molar-refractivity contribution in [1.29, 1.82) is 0 Å². The third kappa shape index (κ3) is 5.77. The number of amides is 3. The number of carbonyl (C=O) groups is 3. The standard InChI is InChI=1S/C27H28N4O3S/c32-24(29-20-13-14-20)19-11-9-18(10-12-19)23-16-35-27(30-23)31-26(34)22-8-4-7-21(22)25(33)28-15-17-5-2-1-3-6-17/h1-3,5-6,9-12,16,20-22H,4,7-8,13-15H2,(H,28,33)(H,29,32)(H,30,31,34)/t21-,22-/m0/s1. The van der Waals surface area contributed by atoms with Crippen molar-refractivity contribution in [2.75, 3.05) is 5.32 Å². The highest BCUT2D eigenvalue weighted by Crippen LogP contribution is 2.34. The van der Waals surface area contributed by atoms with E-state index in [0.717, 1.165) is 36.1 Å². The number of rotatable bonds is 8. The van der Waals surface area contributed by atoms with E-state index >= 15 is 0 Å². The van der Waals surface area contributed by atoms with E-state index < -0.39 is 0 Å². The highest BCUT2D eigenvalue weighted by Gasteiger charge is 2.38. The molecule has 3 amide bonds. The Bertz CT molecular complexity index is 1200. The van der Waals surface area contributed by atoms with Gasteiger partial charge in [0.2, 0.25) is 11.8 Å². The summed E-state index contributed by atoms with van der Waals surface area (Å²) in [6, 6.07) is 17.4. The molecule has 3 aromatic rings. The van der Waals surface area contributed by atoms with Crippen molar-refractivity contribution < 1.29 is 14.4 Å². The largest absolute Gasteiger partial charge is 0.352 e. The van der Waals surface area contributed by atoms with Crippen LogP contribution in [0.1, 0.15) is 48.0 Å². The molecule has 5 rings (SSSR count). The molecule has 0 unspecified atom stereocenters. The van der Waals surface area contributed by atoms with Crippen LogP contribution in [0.2, 0.25) is 0 Å². The van der Waals surface area contributed by atoms with Gasteiger partial charge in [-0.25, -0.2) is 4.98 Å². The third-order valence-corrected chi connectivity index (χ3v) is 7.35. The van der Waals surface area contributed by atoms with Gasteiger partial charge in [0.05, 0.1) is 5.69 Å². The van der Waals surface area contributed by atoms with E-state index in [0.29, 0.717) is 36.1 Å². The summed E-state index contributed by atoms with van der Waals surface area (Å²) < 4.78 is 0. The molecule has 8 heteroatoms. The molecule has 180 valence electrons. The zero-order valence-corrected chi connectivity index (χ0v) is 20.1. The van der Waals surface area contributed by atoms with Crippen molar-refractivity contribution >= 4 is 34.2 Å². The maximum absolute atomic E-state index is 13.0. The quantitative estimate of drug-likeness (QED) is 0.438. The molecule has 3 N–H and O–H groups in total. The lowest BCUT2D eigenvalue weighted by Gasteiger charge is -2.18. The Kier molecular flexibility index (Phi) is 6.90. The Morgan fingerprint density at radius 2 is 1.60 bits per heavy atom. The molecule has 2 saturated carbocycles. The zero-order chi connectivity index (χ0) is 24.2. The zero-order valence-electron chi connectivity index (χ0n) is 19.3. The number of nitrogens with one attached hydrogen (secondary N) is 3. The first-order chi connectivity index (χ1) is 17.1. The van der Waals surface area contributed by atoms with Gasteiger partial charge in [-0.05, 0) is 43.4 Å². The van der Waals surface area contributed by atoms with Crippen molar-refractivity contribution in [1.82, 2.24) is 15.6 Å². The molecule has 2 atom stereocenters. The fraction of sp³-hybridized carbons (Fsp3) is 0.333. The van der Waals surface area contributed by atoms with E-state index in [1.165, 1.54) is 11.3 Å². The van der Waals surface area contributed by atoms with Crippen LogP contribution >= 0.6 is 11.3 Å². The van der Waals surface area contributed by atoms with Crippen LogP contribution in [0.4, 0.5) is 5.13 Å². The smallest absolute Gasteiger partial charge is 0.251 e. The minimum atomic E-state index is -0.359. The Morgan fingerprint density at radius 1 is 0.886 bits per heavy atom. The number of hydrogen-bond acceptors (Lipinski definition) is 5. The van der Waals surface area contributed by atoms with Gasteiger partial charge in [0.15, 0.2) is 5.13 Å². The molecule has 2 aliphatic rings. The highest BCUT2D eigenvalue weighted by atomic mass is 32.1. The molecule has 1 aromatic heterocycles. The van der Waals surface area contributed by atoms with Gasteiger partial charge in [0.1, 0.15) is 0 Å². The lowest BCUT2D eigenvalue weighted by Crippen LogP contribution is -2.36. The summed E-state index contributed by atoms with van der Waals surface area (Å²) in [4.78, 5) is 42.5. The van der Waals surface area contributed by atoms with Gasteiger partial charge in [-0.3, -0.25) is 14.4 Å². The average Bonchev–Trinajstić information content (AvgIpc) is 3.35. The Labute approximate surface area is 208 Å². The second kappa shape index (κ2) is 10.4. The van der Waals surface area contributed by atoms with Crippen LogP contribution in [0.15, 0.2) is 60.0 Å². The molecular formula is C27H28N4O3S. The molecule has 0 saturated heterocycles. The van der Waals surface area contributed by atoms with E-state index in [1.807, 2.05) is 47.8 Å². The Balaban J connectivity index is 1.17. The molecule has 2 fully saturated rings. The van der Waals surface area contributed by atoms with Crippen molar-refractivity contribution in [3.05, 3.63) is 71.1 Å². The SMILES string of the molecule is O=C(NC1CC1)c1ccc(-c2csc(NC(=O)[C@H]3CCC[C@@H]3C(=O)NCc3ccccc3)n2)cc1. The highest BCUT2D eigenvalue weighted by molar-refractivity contribution is 7.14.